The lowest BCUT2D eigenvalue weighted by Crippen LogP contribution is -2.48. The summed E-state index contributed by atoms with van der Waals surface area (Å²) >= 11 is 0. The molecule has 5 rings (SSSR count). The molecular weight excluding hydrogens is 436 g/mol. The summed E-state index contributed by atoms with van der Waals surface area (Å²) in [7, 11) is 1.87. The Morgan fingerprint density at radius 2 is 1.88 bits per heavy atom. The number of nitrogens with zero attached hydrogens (tertiary/aromatic N) is 3. The molecule has 0 unspecified atom stereocenters. The van der Waals surface area contributed by atoms with Crippen molar-refractivity contribution in [2.24, 2.45) is 0 Å². The summed E-state index contributed by atoms with van der Waals surface area (Å²) in [5.41, 5.74) is 3.52. The number of anilines is 1. The molecule has 0 saturated carbocycles. The van der Waals surface area contributed by atoms with Crippen molar-refractivity contribution in [3.63, 3.8) is 0 Å². The third-order valence-corrected chi connectivity index (χ3v) is 6.15. The van der Waals surface area contributed by atoms with Gasteiger partial charge in [-0.3, -0.25) is 4.79 Å². The molecular formula is C26H25F2N5O. The number of aryl methyl sites for hydroxylation is 1. The molecule has 0 spiro atoms. The second kappa shape index (κ2) is 8.96. The van der Waals surface area contributed by atoms with Crippen LogP contribution in [0.2, 0.25) is 0 Å². The highest BCUT2D eigenvalue weighted by molar-refractivity contribution is 5.96. The van der Waals surface area contributed by atoms with Crippen LogP contribution in [0, 0.1) is 18.6 Å². The summed E-state index contributed by atoms with van der Waals surface area (Å²) in [5, 5.41) is 11.4. The quantitative estimate of drug-likeness (QED) is 0.473. The molecule has 1 amide bonds. The van der Waals surface area contributed by atoms with Gasteiger partial charge in [0.15, 0.2) is 5.82 Å². The average molecular weight is 462 g/mol. The first kappa shape index (κ1) is 22.2. The van der Waals surface area contributed by atoms with E-state index in [1.54, 1.807) is 27.8 Å². The second-order valence-corrected chi connectivity index (χ2v) is 8.41. The SMILES string of the molecule is CNCc1cccc(-n2nc(C)c3ccc(-c4ccc(N5CCNCC5=O)cc4F)c(F)c32)c1. The predicted octanol–water partition coefficient (Wildman–Crippen LogP) is 3.93. The Bertz CT molecular complexity index is 1400. The molecule has 1 aliphatic heterocycles. The predicted molar refractivity (Wildman–Crippen MR) is 129 cm³/mol. The molecule has 2 N–H and O–H groups in total. The summed E-state index contributed by atoms with van der Waals surface area (Å²) < 4.78 is 32.7. The highest BCUT2D eigenvalue weighted by Crippen LogP contribution is 2.34. The highest BCUT2D eigenvalue weighted by atomic mass is 19.1. The number of halogens is 2. The van der Waals surface area contributed by atoms with E-state index in [1.165, 1.54) is 12.1 Å². The molecule has 4 aromatic rings. The molecule has 2 heterocycles. The van der Waals surface area contributed by atoms with Crippen LogP contribution in [0.5, 0.6) is 0 Å². The van der Waals surface area contributed by atoms with Crippen LogP contribution in [0.1, 0.15) is 11.3 Å². The van der Waals surface area contributed by atoms with Crippen LogP contribution in [0.25, 0.3) is 27.7 Å². The maximum atomic E-state index is 15.9. The van der Waals surface area contributed by atoms with Gasteiger partial charge in [0.1, 0.15) is 11.3 Å². The fraction of sp³-hybridized carbons (Fsp3) is 0.231. The standard InChI is InChI=1S/C26H25F2N5O/c1-16-20-8-9-22(21-7-6-18(13-23(21)27)32-11-10-30-15-24(32)34)25(28)26(20)33(31-16)19-5-3-4-17(12-19)14-29-2/h3-9,12-13,29-30H,10-11,14-15H2,1-2H3. The molecule has 0 radical (unpaired) electrons. The van der Waals surface area contributed by atoms with E-state index in [2.05, 4.69) is 15.7 Å². The Morgan fingerprint density at radius 3 is 2.65 bits per heavy atom. The van der Waals surface area contributed by atoms with Gasteiger partial charge in [-0.25, -0.2) is 13.5 Å². The van der Waals surface area contributed by atoms with E-state index in [0.717, 1.165) is 11.3 Å². The Morgan fingerprint density at radius 1 is 1.06 bits per heavy atom. The molecule has 1 aromatic heterocycles. The first-order valence-corrected chi connectivity index (χ1v) is 11.2. The number of hydrogen-bond acceptors (Lipinski definition) is 4. The monoisotopic (exact) mass is 461 g/mol. The fourth-order valence-electron chi connectivity index (χ4n) is 4.48. The van der Waals surface area contributed by atoms with E-state index in [0.29, 0.717) is 41.9 Å². The van der Waals surface area contributed by atoms with Gasteiger partial charge in [0.2, 0.25) is 5.91 Å². The van der Waals surface area contributed by atoms with E-state index in [9.17, 15) is 4.79 Å². The van der Waals surface area contributed by atoms with E-state index in [-0.39, 0.29) is 23.6 Å². The van der Waals surface area contributed by atoms with Gasteiger partial charge in [-0.1, -0.05) is 24.3 Å². The third-order valence-electron chi connectivity index (χ3n) is 6.15. The number of benzene rings is 3. The van der Waals surface area contributed by atoms with Crippen LogP contribution in [0.15, 0.2) is 54.6 Å². The number of amides is 1. The van der Waals surface area contributed by atoms with E-state index < -0.39 is 11.6 Å². The molecule has 1 aliphatic rings. The van der Waals surface area contributed by atoms with Gasteiger partial charge >= 0.3 is 0 Å². The summed E-state index contributed by atoms with van der Waals surface area (Å²) in [6.45, 7) is 3.82. The minimum absolute atomic E-state index is 0.120. The van der Waals surface area contributed by atoms with Crippen LogP contribution in [0.4, 0.5) is 14.5 Å². The zero-order chi connectivity index (χ0) is 23.8. The highest BCUT2D eigenvalue weighted by Gasteiger charge is 2.23. The van der Waals surface area contributed by atoms with Crippen LogP contribution >= 0.6 is 0 Å². The lowest BCUT2D eigenvalue weighted by Gasteiger charge is -2.27. The molecule has 34 heavy (non-hydrogen) atoms. The van der Waals surface area contributed by atoms with Crippen molar-refractivity contribution >= 4 is 22.5 Å². The molecule has 6 nitrogen and oxygen atoms in total. The Labute approximate surface area is 196 Å². The summed E-state index contributed by atoms with van der Waals surface area (Å²) in [6.07, 6.45) is 0. The van der Waals surface area contributed by atoms with Crippen molar-refractivity contribution in [2.45, 2.75) is 13.5 Å². The van der Waals surface area contributed by atoms with Gasteiger partial charge in [-0.15, -0.1) is 0 Å². The number of aromatic nitrogens is 2. The van der Waals surface area contributed by atoms with Crippen LogP contribution in [-0.2, 0) is 11.3 Å². The normalized spacial score (nSPS) is 14.2. The molecule has 1 saturated heterocycles. The topological polar surface area (TPSA) is 62.2 Å². The Balaban J connectivity index is 1.60. The minimum atomic E-state index is -0.583. The number of nitrogens with one attached hydrogen (secondary N) is 2. The number of rotatable bonds is 5. The zero-order valence-corrected chi connectivity index (χ0v) is 19.0. The zero-order valence-electron chi connectivity index (χ0n) is 19.0. The van der Waals surface area contributed by atoms with Gasteiger partial charge in [0, 0.05) is 41.8 Å². The Hall–Kier alpha value is -3.62. The maximum Gasteiger partial charge on any atom is 0.240 e. The first-order valence-electron chi connectivity index (χ1n) is 11.2. The van der Waals surface area contributed by atoms with Crippen molar-refractivity contribution in [3.8, 4) is 16.8 Å². The van der Waals surface area contributed by atoms with Crippen molar-refractivity contribution in [1.82, 2.24) is 20.4 Å². The Kier molecular flexibility index (Phi) is 5.85. The molecule has 8 heteroatoms. The lowest BCUT2D eigenvalue weighted by atomic mass is 10.0. The van der Waals surface area contributed by atoms with Gasteiger partial charge in [0.25, 0.3) is 0 Å². The van der Waals surface area contributed by atoms with Crippen LogP contribution in [0.3, 0.4) is 0 Å². The summed E-state index contributed by atoms with van der Waals surface area (Å²) in [4.78, 5) is 13.7. The third kappa shape index (κ3) is 3.85. The van der Waals surface area contributed by atoms with Gasteiger partial charge in [0.05, 0.1) is 17.9 Å². The van der Waals surface area contributed by atoms with Crippen LogP contribution < -0.4 is 15.5 Å². The van der Waals surface area contributed by atoms with E-state index in [4.69, 9.17) is 0 Å². The van der Waals surface area contributed by atoms with Gasteiger partial charge < -0.3 is 15.5 Å². The average Bonchev–Trinajstić information content (AvgIpc) is 3.18. The molecule has 3 aromatic carbocycles. The first-order chi connectivity index (χ1) is 16.5. The number of carbonyl (C=O) groups excluding carboxylic acids is 1. The van der Waals surface area contributed by atoms with Crippen molar-refractivity contribution in [2.75, 3.05) is 31.6 Å². The molecule has 1 fully saturated rings. The molecule has 0 atom stereocenters. The van der Waals surface area contributed by atoms with E-state index in [1.807, 2.05) is 38.2 Å². The fourth-order valence-corrected chi connectivity index (χ4v) is 4.48. The molecule has 0 aliphatic carbocycles. The smallest absolute Gasteiger partial charge is 0.240 e. The van der Waals surface area contributed by atoms with Gasteiger partial charge in [-0.2, -0.15) is 5.10 Å². The lowest BCUT2D eigenvalue weighted by molar-refractivity contribution is -0.118. The van der Waals surface area contributed by atoms with Crippen molar-refractivity contribution in [1.29, 1.82) is 0 Å². The largest absolute Gasteiger partial charge is 0.316 e. The number of carbonyl (C=O) groups is 1. The summed E-state index contributed by atoms with van der Waals surface area (Å²) in [6, 6.07) is 15.6. The number of hydrogen-bond donors (Lipinski definition) is 2. The van der Waals surface area contributed by atoms with Crippen molar-refractivity contribution in [3.05, 3.63) is 77.5 Å². The molecule has 174 valence electrons. The molecule has 0 bridgehead atoms. The maximum absolute atomic E-state index is 15.9. The van der Waals surface area contributed by atoms with E-state index >= 15 is 8.78 Å². The van der Waals surface area contributed by atoms with Gasteiger partial charge in [-0.05, 0) is 49.9 Å². The second-order valence-electron chi connectivity index (χ2n) is 8.41. The number of fused-ring (bicyclic) bond motifs is 1. The van der Waals surface area contributed by atoms with Crippen LogP contribution in [-0.4, -0.2) is 42.4 Å². The van der Waals surface area contributed by atoms with Crippen molar-refractivity contribution < 1.29 is 13.6 Å². The summed E-state index contributed by atoms with van der Waals surface area (Å²) in [5.74, 6) is -1.24. The number of piperazine rings is 1. The minimum Gasteiger partial charge on any atom is -0.316 e.